The first-order valence-corrected chi connectivity index (χ1v) is 11.9. The van der Waals surface area contributed by atoms with Gasteiger partial charge in [0.1, 0.15) is 18.0 Å². The van der Waals surface area contributed by atoms with E-state index in [0.29, 0.717) is 22.5 Å². The zero-order valence-corrected chi connectivity index (χ0v) is 19.7. The average molecular weight is 513 g/mol. The highest BCUT2D eigenvalue weighted by molar-refractivity contribution is 7.98. The lowest BCUT2D eigenvalue weighted by Gasteiger charge is -2.27. The fourth-order valence-corrected chi connectivity index (χ4v) is 4.53. The lowest BCUT2D eigenvalue weighted by atomic mass is 9.97. The summed E-state index contributed by atoms with van der Waals surface area (Å²) in [7, 11) is 0. The van der Waals surface area contributed by atoms with Crippen LogP contribution in [0.5, 0.6) is 0 Å². The summed E-state index contributed by atoms with van der Waals surface area (Å²) in [6, 6.07) is 8.40. The summed E-state index contributed by atoms with van der Waals surface area (Å²) in [6.45, 7) is 6.16. The fourth-order valence-electron chi connectivity index (χ4n) is 3.86. The number of rotatable bonds is 7. The van der Waals surface area contributed by atoms with E-state index in [1.54, 1.807) is 51.8 Å². The van der Waals surface area contributed by atoms with Crippen molar-refractivity contribution in [3.8, 4) is 0 Å². The molecule has 1 aromatic heterocycles. The van der Waals surface area contributed by atoms with Gasteiger partial charge < -0.3 is 9.64 Å². The number of benzene rings is 2. The Hall–Kier alpha value is -2.72. The third-order valence-electron chi connectivity index (χ3n) is 5.29. The van der Waals surface area contributed by atoms with Gasteiger partial charge in [0.15, 0.2) is 5.88 Å². The van der Waals surface area contributed by atoms with Crippen LogP contribution in [-0.4, -0.2) is 26.9 Å². The van der Waals surface area contributed by atoms with Crippen molar-refractivity contribution in [3.05, 3.63) is 88.8 Å². The van der Waals surface area contributed by atoms with Crippen LogP contribution in [0.25, 0.3) is 0 Å². The number of anilines is 1. The molecule has 34 heavy (non-hydrogen) atoms. The molecule has 0 saturated carbocycles. The second kappa shape index (κ2) is 9.87. The predicted molar refractivity (Wildman–Crippen MR) is 124 cm³/mol. The highest BCUT2D eigenvalue weighted by Crippen LogP contribution is 2.43. The summed E-state index contributed by atoms with van der Waals surface area (Å²) in [5, 5.41) is 8.75. The van der Waals surface area contributed by atoms with E-state index < -0.39 is 29.7 Å². The summed E-state index contributed by atoms with van der Waals surface area (Å²) in [4.78, 5) is 1.64. The summed E-state index contributed by atoms with van der Waals surface area (Å²) in [6.07, 6.45) is -3.64. The molecule has 1 saturated heterocycles. The minimum absolute atomic E-state index is 0.104. The zero-order valence-electron chi connectivity index (χ0n) is 18.1. The minimum Gasteiger partial charge on any atom is -0.471 e. The number of ether oxygens (including phenoxy) is 1. The number of thioether (sulfide) groups is 1. The maximum absolute atomic E-state index is 14.3. The van der Waals surface area contributed by atoms with Crippen LogP contribution < -0.4 is 4.90 Å². The van der Waals surface area contributed by atoms with Crippen LogP contribution in [-0.2, 0) is 23.2 Å². The molecule has 0 bridgehead atoms. The first-order valence-electron chi connectivity index (χ1n) is 10.4. The van der Waals surface area contributed by atoms with Gasteiger partial charge in [-0.15, -0.1) is 5.10 Å². The molecule has 0 spiro atoms. The van der Waals surface area contributed by atoms with Gasteiger partial charge in [0.05, 0.1) is 17.8 Å². The van der Waals surface area contributed by atoms with Gasteiger partial charge >= 0.3 is 6.18 Å². The van der Waals surface area contributed by atoms with Crippen LogP contribution in [0.2, 0.25) is 5.02 Å². The van der Waals surface area contributed by atoms with Crippen LogP contribution in [0.1, 0.15) is 29.8 Å². The van der Waals surface area contributed by atoms with Gasteiger partial charge in [0.25, 0.3) is 0 Å². The zero-order chi connectivity index (χ0) is 24.5. The topological polar surface area (TPSA) is 43.2 Å². The predicted octanol–water partition coefficient (Wildman–Crippen LogP) is 6.46. The molecule has 0 N–H and O–H groups in total. The molecule has 3 aromatic rings. The lowest BCUT2D eigenvalue weighted by Crippen LogP contribution is -2.30. The molecular formula is C23H21ClF4N4OS. The third-order valence-corrected chi connectivity index (χ3v) is 6.45. The van der Waals surface area contributed by atoms with Crippen LogP contribution >= 0.6 is 23.4 Å². The maximum Gasteiger partial charge on any atom is 0.416 e. The van der Waals surface area contributed by atoms with Crippen molar-refractivity contribution in [2.75, 3.05) is 10.7 Å². The van der Waals surface area contributed by atoms with E-state index in [1.165, 1.54) is 0 Å². The molecule has 11 heteroatoms. The molecule has 1 aliphatic heterocycles. The molecule has 1 aliphatic rings. The van der Waals surface area contributed by atoms with Gasteiger partial charge in [-0.2, -0.15) is 24.9 Å². The van der Waals surface area contributed by atoms with Crippen molar-refractivity contribution in [2.45, 2.75) is 37.5 Å². The molecule has 2 aromatic carbocycles. The van der Waals surface area contributed by atoms with Crippen molar-refractivity contribution in [1.82, 2.24) is 15.0 Å². The van der Waals surface area contributed by atoms with E-state index in [2.05, 4.69) is 16.9 Å². The molecule has 1 fully saturated rings. The molecule has 2 atom stereocenters. The number of alkyl halides is 3. The van der Waals surface area contributed by atoms with E-state index in [0.717, 1.165) is 23.6 Å². The van der Waals surface area contributed by atoms with Crippen molar-refractivity contribution < 1.29 is 22.3 Å². The largest absolute Gasteiger partial charge is 0.471 e. The quantitative estimate of drug-likeness (QED) is 0.340. The van der Waals surface area contributed by atoms with Crippen LogP contribution in [0.4, 0.5) is 23.2 Å². The first-order chi connectivity index (χ1) is 16.2. The van der Waals surface area contributed by atoms with Crippen LogP contribution in [0.3, 0.4) is 0 Å². The SMILES string of the molecule is C=C1O[C@@H](Cn2cc(CSCC)nn2)[C@H](c2cc(F)cc(C(F)(F)F)c2)N1c1ccc(Cl)cc1. The highest BCUT2D eigenvalue weighted by atomic mass is 35.5. The molecule has 0 aliphatic carbocycles. The van der Waals surface area contributed by atoms with Crippen molar-refractivity contribution in [3.63, 3.8) is 0 Å². The van der Waals surface area contributed by atoms with Gasteiger partial charge in [-0.3, -0.25) is 0 Å². The van der Waals surface area contributed by atoms with Crippen molar-refractivity contribution in [1.29, 1.82) is 0 Å². The Bertz CT molecular complexity index is 1170. The van der Waals surface area contributed by atoms with E-state index >= 15 is 0 Å². The summed E-state index contributed by atoms with van der Waals surface area (Å²) in [5.74, 6) is 0.847. The standard InChI is InChI=1S/C23H21ClF4N4OS/c1-3-34-13-19-11-31(30-29-19)12-21-22(15-8-16(23(26,27)28)10-18(25)9-15)32(14(2)33-21)20-6-4-17(24)5-7-20/h4-11,21-22H,2-3,12-13H2,1H3/t21-,22-/m0/s1. The second-order valence-corrected chi connectivity index (χ2v) is 9.39. The monoisotopic (exact) mass is 512 g/mol. The van der Waals surface area contributed by atoms with Crippen molar-refractivity contribution >= 4 is 29.1 Å². The highest BCUT2D eigenvalue weighted by Gasteiger charge is 2.42. The van der Waals surface area contributed by atoms with Gasteiger partial charge in [0, 0.05) is 22.7 Å². The fraction of sp³-hybridized carbons (Fsp3) is 0.304. The van der Waals surface area contributed by atoms with Gasteiger partial charge in [-0.25, -0.2) is 9.07 Å². The molecule has 5 nitrogen and oxygen atoms in total. The molecule has 0 amide bonds. The summed E-state index contributed by atoms with van der Waals surface area (Å²) >= 11 is 7.70. The Morgan fingerprint density at radius 1 is 1.18 bits per heavy atom. The lowest BCUT2D eigenvalue weighted by molar-refractivity contribution is -0.137. The molecule has 4 rings (SSSR count). The summed E-state index contributed by atoms with van der Waals surface area (Å²) in [5.41, 5.74) is 0.403. The first kappa shape index (κ1) is 24.4. The van der Waals surface area contributed by atoms with Crippen LogP contribution in [0.15, 0.2) is 61.1 Å². The number of nitrogens with zero attached hydrogens (tertiary/aromatic N) is 4. The smallest absolute Gasteiger partial charge is 0.416 e. The molecule has 0 radical (unpaired) electrons. The van der Waals surface area contributed by atoms with Crippen LogP contribution in [0, 0.1) is 5.82 Å². The molecule has 180 valence electrons. The number of hydrogen-bond acceptors (Lipinski definition) is 5. The Kier molecular flexibility index (Phi) is 7.09. The van der Waals surface area contributed by atoms with E-state index in [4.69, 9.17) is 16.3 Å². The normalized spacial score (nSPS) is 18.4. The number of hydrogen-bond donors (Lipinski definition) is 0. The van der Waals surface area contributed by atoms with Crippen molar-refractivity contribution in [2.24, 2.45) is 0 Å². The number of halogens is 5. The van der Waals surface area contributed by atoms with Gasteiger partial charge in [0.2, 0.25) is 0 Å². The van der Waals surface area contributed by atoms with Gasteiger partial charge in [-0.05, 0) is 60.4 Å². The minimum atomic E-state index is -4.70. The average Bonchev–Trinajstić information content (AvgIpc) is 3.35. The molecule has 2 heterocycles. The molecule has 0 unspecified atom stereocenters. The Morgan fingerprint density at radius 2 is 1.91 bits per heavy atom. The third kappa shape index (κ3) is 5.33. The number of aromatic nitrogens is 3. The Morgan fingerprint density at radius 3 is 2.59 bits per heavy atom. The van der Waals surface area contributed by atoms with E-state index in [1.807, 2.05) is 6.92 Å². The summed E-state index contributed by atoms with van der Waals surface area (Å²) < 4.78 is 62.3. The van der Waals surface area contributed by atoms with E-state index in [-0.39, 0.29) is 18.0 Å². The Balaban J connectivity index is 1.74. The second-order valence-electron chi connectivity index (χ2n) is 7.68. The van der Waals surface area contributed by atoms with Gasteiger partial charge in [-0.1, -0.05) is 23.7 Å². The van der Waals surface area contributed by atoms with E-state index in [9.17, 15) is 17.6 Å². The Labute approximate surface area is 203 Å². The maximum atomic E-state index is 14.3. The molecular weight excluding hydrogens is 492 g/mol.